The lowest BCUT2D eigenvalue weighted by atomic mass is 10.1. The van der Waals surface area contributed by atoms with E-state index in [0.717, 1.165) is 22.5 Å². The van der Waals surface area contributed by atoms with Crippen molar-refractivity contribution in [1.82, 2.24) is 14.5 Å². The Morgan fingerprint density at radius 1 is 1.08 bits per heavy atom. The smallest absolute Gasteiger partial charge is 0.254 e. The highest BCUT2D eigenvalue weighted by Crippen LogP contribution is 2.22. The Kier molecular flexibility index (Phi) is 4.05. The van der Waals surface area contributed by atoms with E-state index in [0.29, 0.717) is 5.56 Å². The fourth-order valence-electron chi connectivity index (χ4n) is 3.03. The number of aromatic nitrogens is 2. The molecule has 0 fully saturated rings. The molecule has 2 aromatic heterocycles. The zero-order chi connectivity index (χ0) is 18.1. The van der Waals surface area contributed by atoms with E-state index in [-0.39, 0.29) is 11.9 Å². The molecule has 0 N–H and O–H groups in total. The quantitative estimate of drug-likeness (QED) is 0.549. The summed E-state index contributed by atoms with van der Waals surface area (Å²) in [5.41, 5.74) is 3.59. The average molecular weight is 345 g/mol. The van der Waals surface area contributed by atoms with Gasteiger partial charge in [-0.2, -0.15) is 0 Å². The molecular weight excluding hydrogens is 326 g/mol. The highest BCUT2D eigenvalue weighted by Gasteiger charge is 2.20. The summed E-state index contributed by atoms with van der Waals surface area (Å²) in [6.45, 7) is 1.95. The summed E-state index contributed by atoms with van der Waals surface area (Å²) < 4.78 is 7.42. The minimum Gasteiger partial charge on any atom is -0.467 e. The van der Waals surface area contributed by atoms with Gasteiger partial charge in [-0.25, -0.2) is 4.98 Å². The summed E-state index contributed by atoms with van der Waals surface area (Å²) in [4.78, 5) is 18.8. The summed E-state index contributed by atoms with van der Waals surface area (Å²) in [6, 6.07) is 19.1. The van der Waals surface area contributed by atoms with E-state index in [1.807, 2.05) is 72.2 Å². The van der Waals surface area contributed by atoms with Gasteiger partial charge in [0.25, 0.3) is 5.91 Å². The number of para-hydroxylation sites is 2. The third-order valence-corrected chi connectivity index (χ3v) is 4.70. The maximum Gasteiger partial charge on any atom is 0.254 e. The van der Waals surface area contributed by atoms with E-state index in [4.69, 9.17) is 4.42 Å². The van der Waals surface area contributed by atoms with Gasteiger partial charge in [0.2, 0.25) is 0 Å². The molecule has 26 heavy (non-hydrogen) atoms. The zero-order valence-electron chi connectivity index (χ0n) is 14.7. The van der Waals surface area contributed by atoms with Crippen LogP contribution >= 0.6 is 0 Å². The van der Waals surface area contributed by atoms with Gasteiger partial charge in [0.05, 0.1) is 23.3 Å². The predicted molar refractivity (Wildman–Crippen MR) is 100 cm³/mol. The maximum atomic E-state index is 12.8. The number of benzene rings is 2. The summed E-state index contributed by atoms with van der Waals surface area (Å²) in [7, 11) is 1.78. The molecule has 1 unspecified atom stereocenters. The summed E-state index contributed by atoms with van der Waals surface area (Å²) in [5, 5.41) is 0. The van der Waals surface area contributed by atoms with Gasteiger partial charge >= 0.3 is 0 Å². The Morgan fingerprint density at radius 2 is 1.85 bits per heavy atom. The van der Waals surface area contributed by atoms with Gasteiger partial charge in [-0.3, -0.25) is 9.36 Å². The molecule has 130 valence electrons. The van der Waals surface area contributed by atoms with Gasteiger partial charge in [0.1, 0.15) is 12.1 Å². The molecule has 0 spiro atoms. The largest absolute Gasteiger partial charge is 0.467 e. The minimum absolute atomic E-state index is 0.0454. The van der Waals surface area contributed by atoms with Gasteiger partial charge < -0.3 is 9.32 Å². The van der Waals surface area contributed by atoms with Crippen LogP contribution < -0.4 is 0 Å². The molecule has 0 radical (unpaired) electrons. The third-order valence-electron chi connectivity index (χ3n) is 4.70. The summed E-state index contributed by atoms with van der Waals surface area (Å²) in [6.07, 6.45) is 3.42. The topological polar surface area (TPSA) is 51.3 Å². The first-order chi connectivity index (χ1) is 12.6. The number of amides is 1. The predicted octanol–water partition coefficient (Wildman–Crippen LogP) is 4.45. The van der Waals surface area contributed by atoms with E-state index in [2.05, 4.69) is 4.98 Å². The van der Waals surface area contributed by atoms with E-state index in [1.54, 1.807) is 24.5 Å². The van der Waals surface area contributed by atoms with Crippen LogP contribution in [0.5, 0.6) is 0 Å². The number of furan rings is 1. The Labute approximate surface area is 151 Å². The summed E-state index contributed by atoms with van der Waals surface area (Å²) >= 11 is 0. The van der Waals surface area contributed by atoms with Crippen LogP contribution in [0.2, 0.25) is 0 Å². The van der Waals surface area contributed by atoms with Crippen molar-refractivity contribution >= 4 is 16.9 Å². The molecule has 0 aliphatic rings. The third kappa shape index (κ3) is 2.77. The molecule has 2 heterocycles. The van der Waals surface area contributed by atoms with Gasteiger partial charge in [-0.15, -0.1) is 0 Å². The number of imidazole rings is 1. The normalized spacial score (nSPS) is 12.2. The SMILES string of the molecule is CC(c1ccco1)N(C)C(=O)c1ccc(-n2cnc3ccccc32)cc1. The second-order valence-electron chi connectivity index (χ2n) is 6.26. The number of carbonyl (C=O) groups excluding carboxylic acids is 1. The van der Waals surface area contributed by atoms with Crippen molar-refractivity contribution in [3.63, 3.8) is 0 Å². The highest BCUT2D eigenvalue weighted by molar-refractivity contribution is 5.94. The zero-order valence-corrected chi connectivity index (χ0v) is 14.7. The lowest BCUT2D eigenvalue weighted by molar-refractivity contribution is 0.0726. The lowest BCUT2D eigenvalue weighted by Crippen LogP contribution is -2.29. The molecule has 1 amide bonds. The Balaban J connectivity index is 1.58. The van der Waals surface area contributed by atoms with Crippen LogP contribution in [0.4, 0.5) is 0 Å². The number of rotatable bonds is 4. The fourth-order valence-corrected chi connectivity index (χ4v) is 3.03. The van der Waals surface area contributed by atoms with Gasteiger partial charge in [0, 0.05) is 18.3 Å². The number of hydrogen-bond donors (Lipinski definition) is 0. The molecule has 4 rings (SSSR count). The first kappa shape index (κ1) is 16.1. The number of nitrogens with zero attached hydrogens (tertiary/aromatic N) is 3. The number of hydrogen-bond acceptors (Lipinski definition) is 3. The van der Waals surface area contributed by atoms with Crippen LogP contribution in [-0.4, -0.2) is 27.4 Å². The average Bonchev–Trinajstić information content (AvgIpc) is 3.36. The second kappa shape index (κ2) is 6.52. The van der Waals surface area contributed by atoms with Crippen LogP contribution in [0.25, 0.3) is 16.7 Å². The molecule has 0 bridgehead atoms. The molecule has 1 atom stereocenters. The van der Waals surface area contributed by atoms with Crippen LogP contribution in [-0.2, 0) is 0 Å². The van der Waals surface area contributed by atoms with E-state index >= 15 is 0 Å². The standard InChI is InChI=1S/C21H19N3O2/c1-15(20-8-5-13-26-20)23(2)21(25)16-9-11-17(12-10-16)24-14-22-18-6-3-4-7-19(18)24/h3-15H,1-2H3. The lowest BCUT2D eigenvalue weighted by Gasteiger charge is -2.23. The van der Waals surface area contributed by atoms with Gasteiger partial charge in [0.15, 0.2) is 0 Å². The fraction of sp³-hybridized carbons (Fsp3) is 0.143. The molecule has 0 aliphatic carbocycles. The van der Waals surface area contributed by atoms with Crippen molar-refractivity contribution < 1.29 is 9.21 Å². The highest BCUT2D eigenvalue weighted by atomic mass is 16.3. The molecule has 5 nitrogen and oxygen atoms in total. The van der Waals surface area contributed by atoms with E-state index in [1.165, 1.54) is 0 Å². The molecule has 0 saturated carbocycles. The molecule has 5 heteroatoms. The van der Waals surface area contributed by atoms with Crippen molar-refractivity contribution in [3.05, 3.63) is 84.6 Å². The first-order valence-electron chi connectivity index (χ1n) is 8.48. The van der Waals surface area contributed by atoms with Crippen molar-refractivity contribution in [2.24, 2.45) is 0 Å². The van der Waals surface area contributed by atoms with Crippen LogP contribution in [0, 0.1) is 0 Å². The molecule has 4 aromatic rings. The monoisotopic (exact) mass is 345 g/mol. The van der Waals surface area contributed by atoms with Crippen molar-refractivity contribution in [2.75, 3.05) is 7.05 Å². The summed E-state index contributed by atoms with van der Waals surface area (Å²) in [5.74, 6) is 0.721. The molecule has 0 saturated heterocycles. The molecule has 0 aliphatic heterocycles. The van der Waals surface area contributed by atoms with Gasteiger partial charge in [-0.1, -0.05) is 12.1 Å². The molecular formula is C21H19N3O2. The Bertz CT molecular complexity index is 1030. The number of carbonyl (C=O) groups is 1. The van der Waals surface area contributed by atoms with E-state index < -0.39 is 0 Å². The minimum atomic E-state index is -0.130. The number of fused-ring (bicyclic) bond motifs is 1. The first-order valence-corrected chi connectivity index (χ1v) is 8.48. The van der Waals surface area contributed by atoms with Crippen molar-refractivity contribution in [2.45, 2.75) is 13.0 Å². The Morgan fingerprint density at radius 3 is 2.58 bits per heavy atom. The van der Waals surface area contributed by atoms with Crippen LogP contribution in [0.3, 0.4) is 0 Å². The van der Waals surface area contributed by atoms with Crippen LogP contribution in [0.15, 0.2) is 77.7 Å². The molecule has 2 aromatic carbocycles. The Hall–Kier alpha value is -3.34. The van der Waals surface area contributed by atoms with Crippen LogP contribution in [0.1, 0.15) is 29.1 Å². The van der Waals surface area contributed by atoms with Crippen molar-refractivity contribution in [3.8, 4) is 5.69 Å². The van der Waals surface area contributed by atoms with E-state index in [9.17, 15) is 4.79 Å². The van der Waals surface area contributed by atoms with Crippen molar-refractivity contribution in [1.29, 1.82) is 0 Å². The van der Waals surface area contributed by atoms with Gasteiger partial charge in [-0.05, 0) is 55.5 Å². The maximum absolute atomic E-state index is 12.8. The second-order valence-corrected chi connectivity index (χ2v) is 6.26.